The maximum atomic E-state index is 13.6. The highest BCUT2D eigenvalue weighted by atomic mass is 32.1. The molecule has 5 nitrogen and oxygen atoms in total. The van der Waals surface area contributed by atoms with E-state index < -0.39 is 23.8 Å². The summed E-state index contributed by atoms with van der Waals surface area (Å²) in [5.74, 6) is -1.80. The van der Waals surface area contributed by atoms with Crippen molar-refractivity contribution >= 4 is 28.2 Å². The largest absolute Gasteiger partial charge is 0.449 e. The zero-order valence-corrected chi connectivity index (χ0v) is 16.6. The molecule has 1 aromatic carbocycles. The molecule has 1 aliphatic carbocycles. The van der Waals surface area contributed by atoms with Crippen LogP contribution < -0.4 is 5.32 Å². The Balaban J connectivity index is 1.70. The van der Waals surface area contributed by atoms with Gasteiger partial charge in [-0.2, -0.15) is 5.26 Å². The number of aryl methyl sites for hydroxylation is 2. The fraction of sp³-hybridized carbons (Fsp3) is 0.381. The standard InChI is InChI=1S/C21H21FN2O3S/c1-12-8-9-14(10-17(12)22)21(26)27-13(2)19(25)24-20-16(11-23)15-6-4-3-5-7-18(15)28-20/h8-10,13H,3-7H2,1-2H3,(H,24,25)/t13-/m1/s1. The predicted octanol–water partition coefficient (Wildman–Crippen LogP) is 4.52. The third-order valence-corrected chi connectivity index (χ3v) is 6.04. The highest BCUT2D eigenvalue weighted by Crippen LogP contribution is 2.37. The number of nitrogens with zero attached hydrogens (tertiary/aromatic N) is 1. The number of thiophene rings is 1. The van der Waals surface area contributed by atoms with E-state index in [1.54, 1.807) is 6.92 Å². The molecule has 0 fully saturated rings. The molecule has 0 bridgehead atoms. The first-order chi connectivity index (χ1) is 13.4. The summed E-state index contributed by atoms with van der Waals surface area (Å²) in [4.78, 5) is 25.8. The summed E-state index contributed by atoms with van der Waals surface area (Å²) >= 11 is 1.42. The van der Waals surface area contributed by atoms with E-state index in [-0.39, 0.29) is 5.56 Å². The number of nitrogens with one attached hydrogen (secondary N) is 1. The summed E-state index contributed by atoms with van der Waals surface area (Å²) in [6.07, 6.45) is 3.92. The molecule has 7 heteroatoms. The van der Waals surface area contributed by atoms with Crippen LogP contribution in [0.4, 0.5) is 9.39 Å². The Labute approximate surface area is 167 Å². The molecule has 0 spiro atoms. The minimum Gasteiger partial charge on any atom is -0.449 e. The normalized spacial score (nSPS) is 14.4. The van der Waals surface area contributed by atoms with Crippen molar-refractivity contribution in [3.05, 3.63) is 51.1 Å². The van der Waals surface area contributed by atoms with Gasteiger partial charge in [-0.3, -0.25) is 4.79 Å². The molecule has 0 radical (unpaired) electrons. The lowest BCUT2D eigenvalue weighted by Gasteiger charge is -2.13. The first kappa shape index (κ1) is 20.0. The number of rotatable bonds is 4. The van der Waals surface area contributed by atoms with Crippen molar-refractivity contribution in [2.24, 2.45) is 0 Å². The molecular formula is C21H21FN2O3S. The average molecular weight is 400 g/mol. The van der Waals surface area contributed by atoms with Gasteiger partial charge >= 0.3 is 5.97 Å². The van der Waals surface area contributed by atoms with Crippen molar-refractivity contribution in [1.29, 1.82) is 5.26 Å². The number of halogens is 1. The molecule has 1 aromatic heterocycles. The van der Waals surface area contributed by atoms with Crippen LogP contribution in [0.25, 0.3) is 0 Å². The summed E-state index contributed by atoms with van der Waals surface area (Å²) < 4.78 is 18.8. The first-order valence-corrected chi connectivity index (χ1v) is 10.0. The van der Waals surface area contributed by atoms with Crippen molar-refractivity contribution < 1.29 is 18.7 Å². The number of benzene rings is 1. The summed E-state index contributed by atoms with van der Waals surface area (Å²) in [7, 11) is 0. The number of hydrogen-bond acceptors (Lipinski definition) is 5. The minimum atomic E-state index is -1.08. The fourth-order valence-electron chi connectivity index (χ4n) is 3.16. The molecule has 1 amide bonds. The van der Waals surface area contributed by atoms with Crippen molar-refractivity contribution in [3.63, 3.8) is 0 Å². The van der Waals surface area contributed by atoms with Crippen molar-refractivity contribution in [2.45, 2.75) is 52.1 Å². The Bertz CT molecular complexity index is 961. The molecule has 146 valence electrons. The average Bonchev–Trinajstić information content (AvgIpc) is 2.83. The van der Waals surface area contributed by atoms with Crippen LogP contribution >= 0.6 is 11.3 Å². The minimum absolute atomic E-state index is 0.0447. The number of amides is 1. The Hall–Kier alpha value is -2.72. The van der Waals surface area contributed by atoms with Gasteiger partial charge < -0.3 is 10.1 Å². The molecule has 1 heterocycles. The molecule has 1 atom stereocenters. The summed E-state index contributed by atoms with van der Waals surface area (Å²) in [5.41, 5.74) is 2.00. The zero-order valence-electron chi connectivity index (χ0n) is 15.8. The van der Waals surface area contributed by atoms with Crippen LogP contribution in [0.2, 0.25) is 0 Å². The highest BCUT2D eigenvalue weighted by molar-refractivity contribution is 7.16. The monoisotopic (exact) mass is 400 g/mol. The molecule has 0 saturated carbocycles. The van der Waals surface area contributed by atoms with Crippen molar-refractivity contribution in [2.75, 3.05) is 5.32 Å². The molecule has 0 saturated heterocycles. The molecule has 1 aliphatic rings. The Kier molecular flexibility index (Phi) is 6.10. The van der Waals surface area contributed by atoms with Gasteiger partial charge in [0.2, 0.25) is 0 Å². The second kappa shape index (κ2) is 8.53. The van der Waals surface area contributed by atoms with Gasteiger partial charge in [-0.1, -0.05) is 12.5 Å². The Morgan fingerprint density at radius 1 is 1.29 bits per heavy atom. The molecular weight excluding hydrogens is 379 g/mol. The van der Waals surface area contributed by atoms with E-state index in [1.807, 2.05) is 0 Å². The van der Waals surface area contributed by atoms with E-state index in [9.17, 15) is 19.2 Å². The second-order valence-electron chi connectivity index (χ2n) is 6.88. The van der Waals surface area contributed by atoms with E-state index in [2.05, 4.69) is 11.4 Å². The zero-order chi connectivity index (χ0) is 20.3. The van der Waals surface area contributed by atoms with Crippen LogP contribution in [0, 0.1) is 24.1 Å². The van der Waals surface area contributed by atoms with E-state index in [4.69, 9.17) is 4.74 Å². The number of esters is 1. The van der Waals surface area contributed by atoms with Crippen LogP contribution in [-0.2, 0) is 22.4 Å². The van der Waals surface area contributed by atoms with E-state index in [1.165, 1.54) is 30.4 Å². The second-order valence-corrected chi connectivity index (χ2v) is 7.99. The SMILES string of the molecule is Cc1ccc(C(=O)O[C@H](C)C(=O)Nc2sc3c(c2C#N)CCCCC3)cc1F. The van der Waals surface area contributed by atoms with Gasteiger partial charge in [0.25, 0.3) is 5.91 Å². The first-order valence-electron chi connectivity index (χ1n) is 9.23. The van der Waals surface area contributed by atoms with Gasteiger partial charge in [-0.25, -0.2) is 9.18 Å². The van der Waals surface area contributed by atoms with Crippen molar-refractivity contribution in [3.8, 4) is 6.07 Å². The quantitative estimate of drug-likeness (QED) is 0.604. The lowest BCUT2D eigenvalue weighted by atomic mass is 10.1. The Morgan fingerprint density at radius 2 is 2.04 bits per heavy atom. The smallest absolute Gasteiger partial charge is 0.339 e. The number of carbonyl (C=O) groups is 2. The van der Waals surface area contributed by atoms with Gasteiger partial charge in [-0.15, -0.1) is 11.3 Å². The summed E-state index contributed by atoms with van der Waals surface area (Å²) in [6, 6.07) is 6.22. The third kappa shape index (κ3) is 4.23. The molecule has 0 unspecified atom stereocenters. The molecule has 28 heavy (non-hydrogen) atoms. The highest BCUT2D eigenvalue weighted by Gasteiger charge is 2.24. The number of ether oxygens (including phenoxy) is 1. The van der Waals surface area contributed by atoms with Crippen LogP contribution in [0.5, 0.6) is 0 Å². The predicted molar refractivity (Wildman–Crippen MR) is 105 cm³/mol. The van der Waals surface area contributed by atoms with Gasteiger partial charge in [0, 0.05) is 4.88 Å². The number of hydrogen-bond donors (Lipinski definition) is 1. The number of anilines is 1. The maximum Gasteiger partial charge on any atom is 0.339 e. The van der Waals surface area contributed by atoms with Gasteiger partial charge in [0.05, 0.1) is 11.1 Å². The number of fused-ring (bicyclic) bond motifs is 1. The summed E-state index contributed by atoms with van der Waals surface area (Å²) in [5, 5.41) is 12.8. The van der Waals surface area contributed by atoms with E-state index in [0.717, 1.165) is 48.6 Å². The van der Waals surface area contributed by atoms with E-state index >= 15 is 0 Å². The lowest BCUT2D eigenvalue weighted by Crippen LogP contribution is -2.30. The molecule has 2 aromatic rings. The summed E-state index contributed by atoms with van der Waals surface area (Å²) in [6.45, 7) is 3.04. The topological polar surface area (TPSA) is 79.2 Å². The van der Waals surface area contributed by atoms with Crippen LogP contribution in [0.1, 0.15) is 58.1 Å². The number of carbonyl (C=O) groups excluding carboxylic acids is 2. The van der Waals surface area contributed by atoms with Crippen LogP contribution in [-0.4, -0.2) is 18.0 Å². The van der Waals surface area contributed by atoms with Gasteiger partial charge in [-0.05, 0) is 62.8 Å². The van der Waals surface area contributed by atoms with Crippen LogP contribution in [0.15, 0.2) is 18.2 Å². The lowest BCUT2D eigenvalue weighted by molar-refractivity contribution is -0.123. The number of nitriles is 1. The molecule has 3 rings (SSSR count). The van der Waals surface area contributed by atoms with Gasteiger partial charge in [0.15, 0.2) is 6.10 Å². The maximum absolute atomic E-state index is 13.6. The third-order valence-electron chi connectivity index (χ3n) is 4.83. The van der Waals surface area contributed by atoms with Crippen molar-refractivity contribution in [1.82, 2.24) is 0 Å². The fourth-order valence-corrected chi connectivity index (χ4v) is 4.41. The van der Waals surface area contributed by atoms with Gasteiger partial charge in [0.1, 0.15) is 16.9 Å². The molecule has 0 aliphatic heterocycles. The Morgan fingerprint density at radius 3 is 2.75 bits per heavy atom. The van der Waals surface area contributed by atoms with E-state index in [0.29, 0.717) is 16.1 Å². The van der Waals surface area contributed by atoms with Crippen LogP contribution in [0.3, 0.4) is 0 Å². The molecule has 1 N–H and O–H groups in total.